The highest BCUT2D eigenvalue weighted by atomic mass is 16.2. The van der Waals surface area contributed by atoms with E-state index in [1.54, 1.807) is 22.7 Å². The Morgan fingerprint density at radius 1 is 1.59 bits per heavy atom. The van der Waals surface area contributed by atoms with Crippen LogP contribution in [0.25, 0.3) is 0 Å². The van der Waals surface area contributed by atoms with Gasteiger partial charge in [0.15, 0.2) is 0 Å². The smallest absolute Gasteiger partial charge is 0.272 e. The molecule has 1 aliphatic rings. The normalized spacial score (nSPS) is 15.9. The third-order valence-corrected chi connectivity index (χ3v) is 2.84. The largest absolute Gasteiger partial charge is 0.353 e. The Labute approximate surface area is 99.6 Å². The minimum atomic E-state index is -0.130. The average Bonchev–Trinajstić information content (AvgIpc) is 2.69. The molecule has 6 heteroatoms. The summed E-state index contributed by atoms with van der Waals surface area (Å²) in [5.41, 5.74) is 1.42. The van der Waals surface area contributed by atoms with E-state index in [9.17, 15) is 9.59 Å². The van der Waals surface area contributed by atoms with Crippen molar-refractivity contribution in [1.29, 1.82) is 0 Å². The van der Waals surface area contributed by atoms with Crippen LogP contribution in [-0.4, -0.2) is 46.1 Å². The molecule has 0 aliphatic carbocycles. The molecular weight excluding hydrogens is 220 g/mol. The molecule has 0 saturated carbocycles. The van der Waals surface area contributed by atoms with E-state index in [1.807, 2.05) is 6.92 Å². The van der Waals surface area contributed by atoms with Crippen LogP contribution in [0.5, 0.6) is 0 Å². The molecule has 0 unspecified atom stereocenters. The first-order valence-electron chi connectivity index (χ1n) is 5.70. The molecule has 6 nitrogen and oxygen atoms in total. The van der Waals surface area contributed by atoms with Crippen LogP contribution in [0.2, 0.25) is 0 Å². The topological polar surface area (TPSA) is 67.2 Å². The van der Waals surface area contributed by atoms with Crippen molar-refractivity contribution in [2.45, 2.75) is 13.3 Å². The molecule has 0 radical (unpaired) electrons. The zero-order chi connectivity index (χ0) is 12.4. The molecule has 0 spiro atoms. The Bertz CT molecular complexity index is 452. The highest BCUT2D eigenvalue weighted by molar-refractivity contribution is 5.95. The number of hydrogen-bond donors (Lipinski definition) is 1. The second-order valence-electron chi connectivity index (χ2n) is 4.07. The van der Waals surface area contributed by atoms with Gasteiger partial charge in [-0.3, -0.25) is 14.3 Å². The number of aromatic nitrogens is 2. The lowest BCUT2D eigenvalue weighted by atomic mass is 10.2. The molecule has 17 heavy (non-hydrogen) atoms. The monoisotopic (exact) mass is 236 g/mol. The van der Waals surface area contributed by atoms with Crippen LogP contribution in [0, 0.1) is 0 Å². The second-order valence-corrected chi connectivity index (χ2v) is 4.07. The van der Waals surface area contributed by atoms with Crippen LogP contribution in [0.15, 0.2) is 6.07 Å². The van der Waals surface area contributed by atoms with Gasteiger partial charge in [-0.25, -0.2) is 0 Å². The third-order valence-electron chi connectivity index (χ3n) is 2.84. The highest BCUT2D eigenvalue weighted by Crippen LogP contribution is 2.08. The van der Waals surface area contributed by atoms with Crippen molar-refractivity contribution >= 4 is 11.8 Å². The summed E-state index contributed by atoms with van der Waals surface area (Å²) in [5, 5.41) is 6.93. The number of carbonyl (C=O) groups excluding carboxylic acids is 2. The van der Waals surface area contributed by atoms with Crippen molar-refractivity contribution < 1.29 is 9.59 Å². The van der Waals surface area contributed by atoms with Crippen LogP contribution in [0.4, 0.5) is 0 Å². The van der Waals surface area contributed by atoms with Gasteiger partial charge in [0.25, 0.3) is 5.91 Å². The molecule has 1 aromatic heterocycles. The fourth-order valence-electron chi connectivity index (χ4n) is 1.87. The fourth-order valence-corrected chi connectivity index (χ4v) is 1.87. The maximum atomic E-state index is 12.2. The van der Waals surface area contributed by atoms with E-state index in [0.717, 1.165) is 12.1 Å². The molecule has 1 aliphatic heterocycles. The van der Waals surface area contributed by atoms with Crippen LogP contribution in [0.1, 0.15) is 23.1 Å². The van der Waals surface area contributed by atoms with Crippen LogP contribution >= 0.6 is 0 Å². The van der Waals surface area contributed by atoms with E-state index in [2.05, 4.69) is 10.4 Å². The zero-order valence-corrected chi connectivity index (χ0v) is 10.1. The van der Waals surface area contributed by atoms with Crippen LogP contribution in [-0.2, 0) is 18.3 Å². The fraction of sp³-hybridized carbons (Fsp3) is 0.545. The van der Waals surface area contributed by atoms with Crippen molar-refractivity contribution in [3.05, 3.63) is 17.5 Å². The second kappa shape index (κ2) is 4.57. The minimum absolute atomic E-state index is 0.109. The van der Waals surface area contributed by atoms with E-state index >= 15 is 0 Å². The summed E-state index contributed by atoms with van der Waals surface area (Å²) in [7, 11) is 1.75. The maximum absolute atomic E-state index is 12.2. The van der Waals surface area contributed by atoms with E-state index in [1.165, 1.54) is 0 Å². The van der Waals surface area contributed by atoms with Gasteiger partial charge in [-0.15, -0.1) is 0 Å². The molecule has 92 valence electrons. The van der Waals surface area contributed by atoms with Crippen LogP contribution in [0.3, 0.4) is 0 Å². The summed E-state index contributed by atoms with van der Waals surface area (Å²) in [6.07, 6.45) is 0.793. The molecule has 2 amide bonds. The Morgan fingerprint density at radius 3 is 2.94 bits per heavy atom. The Hall–Kier alpha value is -1.85. The predicted octanol–water partition coefficient (Wildman–Crippen LogP) is -0.445. The molecule has 1 fully saturated rings. The molecule has 1 N–H and O–H groups in total. The average molecular weight is 236 g/mol. The quantitative estimate of drug-likeness (QED) is 0.756. The minimum Gasteiger partial charge on any atom is -0.353 e. The van der Waals surface area contributed by atoms with Gasteiger partial charge in [0.1, 0.15) is 5.69 Å². The lowest BCUT2D eigenvalue weighted by molar-refractivity contribution is -0.123. The van der Waals surface area contributed by atoms with Gasteiger partial charge in [-0.2, -0.15) is 5.10 Å². The molecule has 0 atom stereocenters. The lowest BCUT2D eigenvalue weighted by Gasteiger charge is -2.26. The first-order valence-corrected chi connectivity index (χ1v) is 5.70. The van der Waals surface area contributed by atoms with Crippen molar-refractivity contribution in [2.75, 3.05) is 19.6 Å². The summed E-state index contributed by atoms with van der Waals surface area (Å²) in [4.78, 5) is 25.0. The Morgan fingerprint density at radius 2 is 2.35 bits per heavy atom. The molecule has 0 bridgehead atoms. The van der Waals surface area contributed by atoms with E-state index in [4.69, 9.17) is 0 Å². The van der Waals surface area contributed by atoms with Crippen LogP contribution < -0.4 is 5.32 Å². The van der Waals surface area contributed by atoms with E-state index in [0.29, 0.717) is 18.8 Å². The standard InChI is InChI=1S/C11H16N4O2/c1-3-8-6-9(14(2)13-8)11(17)15-5-4-12-10(16)7-15/h6H,3-5,7H2,1-2H3,(H,12,16). The predicted molar refractivity (Wildman–Crippen MR) is 61.5 cm³/mol. The summed E-state index contributed by atoms with van der Waals surface area (Å²) < 4.78 is 1.58. The molecule has 1 saturated heterocycles. The SMILES string of the molecule is CCc1cc(C(=O)N2CCNC(=O)C2)n(C)n1. The summed E-state index contributed by atoms with van der Waals surface area (Å²) in [5.74, 6) is -0.239. The zero-order valence-electron chi connectivity index (χ0n) is 10.1. The van der Waals surface area contributed by atoms with Crippen molar-refractivity contribution in [2.24, 2.45) is 7.05 Å². The number of carbonyl (C=O) groups is 2. The summed E-state index contributed by atoms with van der Waals surface area (Å²) in [6.45, 7) is 3.19. The highest BCUT2D eigenvalue weighted by Gasteiger charge is 2.24. The van der Waals surface area contributed by atoms with Gasteiger partial charge in [-0.05, 0) is 12.5 Å². The number of nitrogens with one attached hydrogen (secondary N) is 1. The molecular formula is C11H16N4O2. The third kappa shape index (κ3) is 2.30. The number of piperazine rings is 1. The molecule has 2 heterocycles. The van der Waals surface area contributed by atoms with Gasteiger partial charge >= 0.3 is 0 Å². The van der Waals surface area contributed by atoms with Crippen molar-refractivity contribution in [3.63, 3.8) is 0 Å². The number of aryl methyl sites for hydroxylation is 2. The van der Waals surface area contributed by atoms with E-state index in [-0.39, 0.29) is 18.4 Å². The van der Waals surface area contributed by atoms with Gasteiger partial charge in [0, 0.05) is 20.1 Å². The van der Waals surface area contributed by atoms with Crippen molar-refractivity contribution in [1.82, 2.24) is 20.0 Å². The summed E-state index contributed by atoms with van der Waals surface area (Å²) in [6, 6.07) is 1.79. The number of hydrogen-bond acceptors (Lipinski definition) is 3. The van der Waals surface area contributed by atoms with Crippen molar-refractivity contribution in [3.8, 4) is 0 Å². The first kappa shape index (κ1) is 11.6. The summed E-state index contributed by atoms with van der Waals surface area (Å²) >= 11 is 0. The maximum Gasteiger partial charge on any atom is 0.272 e. The number of amides is 2. The lowest BCUT2D eigenvalue weighted by Crippen LogP contribution is -2.50. The van der Waals surface area contributed by atoms with E-state index < -0.39 is 0 Å². The van der Waals surface area contributed by atoms with Gasteiger partial charge in [-0.1, -0.05) is 6.92 Å². The van der Waals surface area contributed by atoms with Gasteiger partial charge < -0.3 is 10.2 Å². The first-order chi connectivity index (χ1) is 8.11. The molecule has 0 aromatic carbocycles. The van der Waals surface area contributed by atoms with Gasteiger partial charge in [0.05, 0.1) is 12.2 Å². The Balaban J connectivity index is 2.18. The molecule has 1 aromatic rings. The molecule has 2 rings (SSSR count). The number of rotatable bonds is 2. The Kier molecular flexibility index (Phi) is 3.12. The number of nitrogens with zero attached hydrogens (tertiary/aromatic N) is 3. The van der Waals surface area contributed by atoms with Gasteiger partial charge in [0.2, 0.25) is 5.91 Å².